The Labute approximate surface area is 159 Å². The zero-order valence-corrected chi connectivity index (χ0v) is 15.2. The molecule has 3 aromatic carbocycles. The average Bonchev–Trinajstić information content (AvgIpc) is 2.69. The fourth-order valence-corrected chi connectivity index (χ4v) is 2.87. The molecule has 0 heterocycles. The highest BCUT2D eigenvalue weighted by molar-refractivity contribution is 5.97. The third-order valence-electron chi connectivity index (χ3n) is 4.46. The van der Waals surface area contributed by atoms with E-state index >= 15 is 0 Å². The van der Waals surface area contributed by atoms with Crippen LogP contribution in [0.15, 0.2) is 78.9 Å². The zero-order chi connectivity index (χ0) is 19.2. The summed E-state index contributed by atoms with van der Waals surface area (Å²) in [4.78, 5) is 24.3. The SMILES string of the molecule is Cc1ccc(-c2ccc(C(=O)N[C@@H](Cc3ccccc3)C(N)=O)cc2)cc1. The molecule has 4 nitrogen and oxygen atoms in total. The molecular weight excluding hydrogens is 336 g/mol. The summed E-state index contributed by atoms with van der Waals surface area (Å²) >= 11 is 0. The van der Waals surface area contributed by atoms with E-state index in [0.29, 0.717) is 12.0 Å². The second kappa shape index (κ2) is 8.32. The Kier molecular flexibility index (Phi) is 5.67. The van der Waals surface area contributed by atoms with Crippen LogP contribution >= 0.6 is 0 Å². The summed E-state index contributed by atoms with van der Waals surface area (Å²) in [6, 6.07) is 24.2. The molecule has 0 aromatic heterocycles. The van der Waals surface area contributed by atoms with Crippen molar-refractivity contribution in [3.05, 3.63) is 95.6 Å². The summed E-state index contributed by atoms with van der Waals surface area (Å²) < 4.78 is 0. The molecule has 136 valence electrons. The number of carbonyl (C=O) groups excluding carboxylic acids is 2. The average molecular weight is 358 g/mol. The predicted octanol–water partition coefficient (Wildman–Crippen LogP) is 3.49. The summed E-state index contributed by atoms with van der Waals surface area (Å²) in [6.07, 6.45) is 0.364. The number of hydrogen-bond donors (Lipinski definition) is 2. The molecule has 3 aromatic rings. The molecule has 27 heavy (non-hydrogen) atoms. The third-order valence-corrected chi connectivity index (χ3v) is 4.46. The van der Waals surface area contributed by atoms with Crippen molar-refractivity contribution in [2.75, 3.05) is 0 Å². The van der Waals surface area contributed by atoms with E-state index in [-0.39, 0.29) is 5.91 Å². The van der Waals surface area contributed by atoms with E-state index in [1.54, 1.807) is 12.1 Å². The minimum Gasteiger partial charge on any atom is -0.368 e. The van der Waals surface area contributed by atoms with Crippen LogP contribution in [0.4, 0.5) is 0 Å². The number of rotatable bonds is 6. The number of nitrogens with two attached hydrogens (primary N) is 1. The van der Waals surface area contributed by atoms with Gasteiger partial charge in [0.25, 0.3) is 5.91 Å². The summed E-state index contributed by atoms with van der Waals surface area (Å²) in [7, 11) is 0. The van der Waals surface area contributed by atoms with E-state index in [1.165, 1.54) is 5.56 Å². The molecule has 3 N–H and O–H groups in total. The van der Waals surface area contributed by atoms with Gasteiger partial charge in [0.05, 0.1) is 0 Å². The maximum Gasteiger partial charge on any atom is 0.251 e. The van der Waals surface area contributed by atoms with Gasteiger partial charge in [-0.05, 0) is 35.7 Å². The van der Waals surface area contributed by atoms with Crippen LogP contribution in [-0.2, 0) is 11.2 Å². The number of hydrogen-bond acceptors (Lipinski definition) is 2. The van der Waals surface area contributed by atoms with Gasteiger partial charge in [-0.25, -0.2) is 0 Å². The Morgan fingerprint density at radius 1 is 0.852 bits per heavy atom. The van der Waals surface area contributed by atoms with Gasteiger partial charge >= 0.3 is 0 Å². The molecule has 4 heteroatoms. The van der Waals surface area contributed by atoms with E-state index in [4.69, 9.17) is 5.73 Å². The van der Waals surface area contributed by atoms with Crippen LogP contribution in [0, 0.1) is 6.92 Å². The minimum atomic E-state index is -0.753. The molecule has 0 bridgehead atoms. The van der Waals surface area contributed by atoms with Crippen LogP contribution in [-0.4, -0.2) is 17.9 Å². The summed E-state index contributed by atoms with van der Waals surface area (Å²) in [6.45, 7) is 2.04. The van der Waals surface area contributed by atoms with Gasteiger partial charge in [-0.2, -0.15) is 0 Å². The Hall–Kier alpha value is -3.40. The Morgan fingerprint density at radius 2 is 1.41 bits per heavy atom. The Balaban J connectivity index is 1.70. The molecule has 0 aliphatic carbocycles. The molecule has 0 aliphatic heterocycles. The molecular formula is C23H22N2O2. The number of benzene rings is 3. The van der Waals surface area contributed by atoms with Crippen molar-refractivity contribution in [2.24, 2.45) is 5.73 Å². The minimum absolute atomic E-state index is 0.315. The lowest BCUT2D eigenvalue weighted by atomic mass is 10.0. The van der Waals surface area contributed by atoms with Gasteiger partial charge in [0.2, 0.25) is 5.91 Å². The fraction of sp³-hybridized carbons (Fsp3) is 0.130. The molecule has 0 unspecified atom stereocenters. The van der Waals surface area contributed by atoms with Crippen molar-refractivity contribution < 1.29 is 9.59 Å². The first kappa shape index (κ1) is 18.4. The first-order valence-electron chi connectivity index (χ1n) is 8.84. The quantitative estimate of drug-likeness (QED) is 0.708. The van der Waals surface area contributed by atoms with Gasteiger partial charge in [-0.15, -0.1) is 0 Å². The Bertz CT molecular complexity index is 917. The fourth-order valence-electron chi connectivity index (χ4n) is 2.87. The van der Waals surface area contributed by atoms with Crippen LogP contribution in [0.1, 0.15) is 21.5 Å². The van der Waals surface area contributed by atoms with E-state index < -0.39 is 11.9 Å². The molecule has 2 amide bonds. The van der Waals surface area contributed by atoms with Crippen molar-refractivity contribution in [1.82, 2.24) is 5.32 Å². The van der Waals surface area contributed by atoms with Crippen LogP contribution in [0.5, 0.6) is 0 Å². The summed E-state index contributed by atoms with van der Waals surface area (Å²) in [5.41, 5.74) is 10.2. The van der Waals surface area contributed by atoms with Crippen molar-refractivity contribution in [1.29, 1.82) is 0 Å². The van der Waals surface area contributed by atoms with Gasteiger partial charge in [0, 0.05) is 12.0 Å². The maximum atomic E-state index is 12.5. The second-order valence-electron chi connectivity index (χ2n) is 6.56. The maximum absolute atomic E-state index is 12.5. The third kappa shape index (κ3) is 4.82. The monoisotopic (exact) mass is 358 g/mol. The van der Waals surface area contributed by atoms with Crippen LogP contribution < -0.4 is 11.1 Å². The number of carbonyl (C=O) groups is 2. The van der Waals surface area contributed by atoms with E-state index in [0.717, 1.165) is 16.7 Å². The highest BCUT2D eigenvalue weighted by Crippen LogP contribution is 2.20. The lowest BCUT2D eigenvalue weighted by molar-refractivity contribution is -0.119. The second-order valence-corrected chi connectivity index (χ2v) is 6.56. The number of primary amides is 1. The van der Waals surface area contributed by atoms with Gasteiger partial charge < -0.3 is 11.1 Å². The number of amides is 2. The van der Waals surface area contributed by atoms with E-state index in [2.05, 4.69) is 17.4 Å². The highest BCUT2D eigenvalue weighted by atomic mass is 16.2. The van der Waals surface area contributed by atoms with Gasteiger partial charge in [-0.1, -0.05) is 72.3 Å². The normalized spacial score (nSPS) is 11.6. The summed E-state index contributed by atoms with van der Waals surface area (Å²) in [5.74, 6) is -0.867. The van der Waals surface area contributed by atoms with Crippen molar-refractivity contribution in [3.8, 4) is 11.1 Å². The van der Waals surface area contributed by atoms with Crippen molar-refractivity contribution in [3.63, 3.8) is 0 Å². The Morgan fingerprint density at radius 3 is 1.96 bits per heavy atom. The standard InChI is InChI=1S/C23H22N2O2/c1-16-7-9-18(10-8-16)19-11-13-20(14-12-19)23(27)25-21(22(24)26)15-17-5-3-2-4-6-17/h2-14,21H,15H2,1H3,(H2,24,26)(H,25,27)/t21-/m0/s1. The molecule has 0 saturated carbocycles. The molecule has 0 aliphatic rings. The zero-order valence-electron chi connectivity index (χ0n) is 15.2. The predicted molar refractivity (Wildman–Crippen MR) is 107 cm³/mol. The number of aryl methyl sites for hydroxylation is 1. The van der Waals surface area contributed by atoms with Crippen LogP contribution in [0.2, 0.25) is 0 Å². The molecule has 3 rings (SSSR count). The van der Waals surface area contributed by atoms with Crippen molar-refractivity contribution in [2.45, 2.75) is 19.4 Å². The van der Waals surface area contributed by atoms with E-state index in [1.807, 2.05) is 61.5 Å². The summed E-state index contributed by atoms with van der Waals surface area (Å²) in [5, 5.41) is 2.73. The van der Waals surface area contributed by atoms with Crippen molar-refractivity contribution >= 4 is 11.8 Å². The topological polar surface area (TPSA) is 72.2 Å². The molecule has 0 spiro atoms. The molecule has 0 fully saturated rings. The van der Waals surface area contributed by atoms with Crippen LogP contribution in [0.3, 0.4) is 0 Å². The first-order chi connectivity index (χ1) is 13.0. The largest absolute Gasteiger partial charge is 0.368 e. The smallest absolute Gasteiger partial charge is 0.251 e. The van der Waals surface area contributed by atoms with Gasteiger partial charge in [0.15, 0.2) is 0 Å². The molecule has 0 radical (unpaired) electrons. The number of nitrogens with one attached hydrogen (secondary N) is 1. The lowest BCUT2D eigenvalue weighted by Gasteiger charge is -2.16. The lowest BCUT2D eigenvalue weighted by Crippen LogP contribution is -2.45. The van der Waals surface area contributed by atoms with Gasteiger partial charge in [-0.3, -0.25) is 9.59 Å². The van der Waals surface area contributed by atoms with Crippen LogP contribution in [0.25, 0.3) is 11.1 Å². The molecule has 0 saturated heterocycles. The van der Waals surface area contributed by atoms with E-state index in [9.17, 15) is 9.59 Å². The van der Waals surface area contributed by atoms with Gasteiger partial charge in [0.1, 0.15) is 6.04 Å². The molecule has 1 atom stereocenters. The first-order valence-corrected chi connectivity index (χ1v) is 8.84. The highest BCUT2D eigenvalue weighted by Gasteiger charge is 2.19.